The zero-order chi connectivity index (χ0) is 18.3. The lowest BCUT2D eigenvalue weighted by Gasteiger charge is -2.28. The summed E-state index contributed by atoms with van der Waals surface area (Å²) in [6.07, 6.45) is 3.92. The van der Waals surface area contributed by atoms with Crippen LogP contribution in [0.4, 0.5) is 0 Å². The lowest BCUT2D eigenvalue weighted by atomic mass is 9.94. The number of nitrogens with zero attached hydrogens (tertiary/aromatic N) is 5. The fourth-order valence-electron chi connectivity index (χ4n) is 4.09. The molecule has 1 aromatic carbocycles. The molecular formula is C20H21N5OS. The SMILES string of the molecule is O=C(N1CCC[C@@H]1Cn1nnc(-c2cccs2)n1)C1(c2ccccc2)CC1. The molecule has 0 radical (unpaired) electrons. The third-order valence-electron chi connectivity index (χ3n) is 5.69. The molecule has 2 aliphatic rings. The van der Waals surface area contributed by atoms with Crippen molar-refractivity contribution in [1.82, 2.24) is 25.1 Å². The Kier molecular flexibility index (Phi) is 4.04. The Balaban J connectivity index is 1.33. The predicted octanol–water partition coefficient (Wildman–Crippen LogP) is 3.12. The Morgan fingerprint density at radius 1 is 1.19 bits per heavy atom. The normalized spacial score (nSPS) is 20.7. The lowest BCUT2D eigenvalue weighted by molar-refractivity contribution is -0.135. The van der Waals surface area contributed by atoms with Crippen LogP contribution in [0.3, 0.4) is 0 Å². The van der Waals surface area contributed by atoms with Gasteiger partial charge in [0.05, 0.1) is 22.9 Å². The van der Waals surface area contributed by atoms with Crippen molar-refractivity contribution in [2.75, 3.05) is 6.54 Å². The molecule has 5 rings (SSSR count). The van der Waals surface area contributed by atoms with Gasteiger partial charge in [0.25, 0.3) is 0 Å². The van der Waals surface area contributed by atoms with Gasteiger partial charge in [0.15, 0.2) is 0 Å². The molecule has 0 spiro atoms. The largest absolute Gasteiger partial charge is 0.337 e. The van der Waals surface area contributed by atoms with E-state index >= 15 is 0 Å². The molecule has 1 saturated heterocycles. The number of aromatic nitrogens is 4. The molecule has 138 valence electrons. The first-order chi connectivity index (χ1) is 13.3. The zero-order valence-corrected chi connectivity index (χ0v) is 15.8. The zero-order valence-electron chi connectivity index (χ0n) is 15.0. The van der Waals surface area contributed by atoms with E-state index in [1.807, 2.05) is 35.7 Å². The Bertz CT molecular complexity index is 932. The van der Waals surface area contributed by atoms with E-state index in [9.17, 15) is 4.79 Å². The lowest BCUT2D eigenvalue weighted by Crippen LogP contribution is -2.44. The summed E-state index contributed by atoms with van der Waals surface area (Å²) >= 11 is 1.60. The highest BCUT2D eigenvalue weighted by Gasteiger charge is 2.54. The predicted molar refractivity (Wildman–Crippen MR) is 103 cm³/mol. The third kappa shape index (κ3) is 2.96. The van der Waals surface area contributed by atoms with Crippen LogP contribution in [0, 0.1) is 0 Å². The van der Waals surface area contributed by atoms with Crippen LogP contribution >= 0.6 is 11.3 Å². The fourth-order valence-corrected chi connectivity index (χ4v) is 4.74. The van der Waals surface area contributed by atoms with Crippen LogP contribution in [0.1, 0.15) is 31.2 Å². The minimum absolute atomic E-state index is 0.143. The van der Waals surface area contributed by atoms with Crippen LogP contribution in [0.2, 0.25) is 0 Å². The summed E-state index contributed by atoms with van der Waals surface area (Å²) in [6.45, 7) is 1.43. The van der Waals surface area contributed by atoms with Gasteiger partial charge in [-0.05, 0) is 47.9 Å². The summed E-state index contributed by atoms with van der Waals surface area (Å²) in [6, 6.07) is 14.3. The summed E-state index contributed by atoms with van der Waals surface area (Å²) in [4.78, 5) is 18.1. The van der Waals surface area contributed by atoms with Crippen LogP contribution < -0.4 is 0 Å². The molecule has 6 nitrogen and oxygen atoms in total. The van der Waals surface area contributed by atoms with Gasteiger partial charge in [-0.15, -0.1) is 21.5 Å². The molecule has 1 aliphatic heterocycles. The molecule has 7 heteroatoms. The van der Waals surface area contributed by atoms with Crippen molar-refractivity contribution in [2.45, 2.75) is 43.7 Å². The van der Waals surface area contributed by atoms with E-state index in [1.54, 1.807) is 16.1 Å². The number of hydrogen-bond donors (Lipinski definition) is 0. The minimum atomic E-state index is -0.304. The molecular weight excluding hydrogens is 358 g/mol. The maximum Gasteiger partial charge on any atom is 0.233 e. The maximum atomic E-state index is 13.4. The summed E-state index contributed by atoms with van der Waals surface area (Å²) in [7, 11) is 0. The number of amides is 1. The van der Waals surface area contributed by atoms with Crippen molar-refractivity contribution in [3.05, 3.63) is 53.4 Å². The molecule has 0 bridgehead atoms. The highest BCUT2D eigenvalue weighted by molar-refractivity contribution is 7.13. The van der Waals surface area contributed by atoms with Gasteiger partial charge >= 0.3 is 0 Å². The van der Waals surface area contributed by atoms with Gasteiger partial charge in [0.2, 0.25) is 11.7 Å². The number of tetrazole rings is 1. The first-order valence-corrected chi connectivity index (χ1v) is 10.3. The van der Waals surface area contributed by atoms with Gasteiger partial charge in [0.1, 0.15) is 0 Å². The number of thiophene rings is 1. The van der Waals surface area contributed by atoms with Gasteiger partial charge < -0.3 is 4.90 Å². The second-order valence-electron chi connectivity index (χ2n) is 7.39. The van der Waals surface area contributed by atoms with Crippen LogP contribution in [0.25, 0.3) is 10.7 Å². The average molecular weight is 379 g/mol. The van der Waals surface area contributed by atoms with Crippen molar-refractivity contribution in [2.24, 2.45) is 0 Å². The molecule has 0 N–H and O–H groups in total. The van der Waals surface area contributed by atoms with Crippen molar-refractivity contribution < 1.29 is 4.79 Å². The molecule has 0 unspecified atom stereocenters. The van der Waals surface area contributed by atoms with E-state index in [0.717, 1.165) is 42.7 Å². The monoisotopic (exact) mass is 379 g/mol. The topological polar surface area (TPSA) is 63.9 Å². The number of likely N-dealkylation sites (tertiary alicyclic amines) is 1. The van der Waals surface area contributed by atoms with Gasteiger partial charge in [-0.3, -0.25) is 4.79 Å². The van der Waals surface area contributed by atoms with Gasteiger partial charge in [-0.2, -0.15) is 4.80 Å². The first kappa shape index (κ1) is 16.6. The minimum Gasteiger partial charge on any atom is -0.337 e. The number of benzene rings is 1. The highest BCUT2D eigenvalue weighted by Crippen LogP contribution is 2.50. The van der Waals surface area contributed by atoms with E-state index < -0.39 is 0 Å². The van der Waals surface area contributed by atoms with Crippen LogP contribution in [0.15, 0.2) is 47.8 Å². The third-order valence-corrected chi connectivity index (χ3v) is 6.56. The number of hydrogen-bond acceptors (Lipinski definition) is 5. The van der Waals surface area contributed by atoms with E-state index in [1.165, 1.54) is 0 Å². The van der Waals surface area contributed by atoms with E-state index in [4.69, 9.17) is 0 Å². The molecule has 27 heavy (non-hydrogen) atoms. The second kappa shape index (κ2) is 6.56. The van der Waals surface area contributed by atoms with E-state index in [2.05, 4.69) is 32.4 Å². The summed E-state index contributed by atoms with van der Waals surface area (Å²) in [5, 5.41) is 14.9. The van der Waals surface area contributed by atoms with Crippen LogP contribution in [-0.4, -0.2) is 43.6 Å². The molecule has 2 aromatic heterocycles. The van der Waals surface area contributed by atoms with Crippen LogP contribution in [-0.2, 0) is 16.8 Å². The van der Waals surface area contributed by atoms with E-state index in [-0.39, 0.29) is 17.4 Å². The van der Waals surface area contributed by atoms with E-state index in [0.29, 0.717) is 12.4 Å². The molecule has 3 aromatic rings. The molecule has 1 aliphatic carbocycles. The van der Waals surface area contributed by atoms with Gasteiger partial charge in [-0.25, -0.2) is 0 Å². The standard InChI is InChI=1S/C20H21N5OS/c26-19(20(10-11-20)15-6-2-1-3-7-15)24-12-4-8-16(24)14-25-22-18(21-23-25)17-9-5-13-27-17/h1-3,5-7,9,13,16H,4,8,10-12,14H2/t16-/m1/s1. The highest BCUT2D eigenvalue weighted by atomic mass is 32.1. The summed E-state index contributed by atoms with van der Waals surface area (Å²) in [5.74, 6) is 0.929. The number of carbonyl (C=O) groups excluding carboxylic acids is 1. The molecule has 1 amide bonds. The molecule has 1 atom stereocenters. The van der Waals surface area contributed by atoms with Crippen molar-refractivity contribution in [1.29, 1.82) is 0 Å². The van der Waals surface area contributed by atoms with Crippen LogP contribution in [0.5, 0.6) is 0 Å². The quantitative estimate of drug-likeness (QED) is 0.683. The van der Waals surface area contributed by atoms with Crippen molar-refractivity contribution in [3.8, 4) is 10.7 Å². The Labute approximate surface area is 161 Å². The Hall–Kier alpha value is -2.54. The average Bonchev–Trinajstić information content (AvgIpc) is 3.11. The molecule has 3 heterocycles. The Morgan fingerprint density at radius 3 is 2.78 bits per heavy atom. The fraction of sp³-hybridized carbons (Fsp3) is 0.400. The first-order valence-electron chi connectivity index (χ1n) is 9.45. The number of carbonyl (C=O) groups is 1. The molecule has 1 saturated carbocycles. The van der Waals surface area contributed by atoms with Crippen molar-refractivity contribution in [3.63, 3.8) is 0 Å². The summed E-state index contributed by atoms with van der Waals surface area (Å²) < 4.78 is 0. The van der Waals surface area contributed by atoms with Crippen molar-refractivity contribution >= 4 is 17.2 Å². The van der Waals surface area contributed by atoms with Gasteiger partial charge in [-0.1, -0.05) is 36.4 Å². The smallest absolute Gasteiger partial charge is 0.233 e. The second-order valence-corrected chi connectivity index (χ2v) is 8.34. The molecule has 2 fully saturated rings. The number of rotatable bonds is 5. The summed E-state index contributed by atoms with van der Waals surface area (Å²) in [5.41, 5.74) is 0.849. The Morgan fingerprint density at radius 2 is 2.04 bits per heavy atom. The van der Waals surface area contributed by atoms with Gasteiger partial charge in [0, 0.05) is 6.54 Å². The maximum absolute atomic E-state index is 13.4.